The summed E-state index contributed by atoms with van der Waals surface area (Å²) in [4.78, 5) is 134. The van der Waals surface area contributed by atoms with E-state index in [0.717, 1.165) is 56.7 Å². The third kappa shape index (κ3) is 11.1. The molecule has 28 nitrogen and oxygen atoms in total. The lowest BCUT2D eigenvalue weighted by molar-refractivity contribution is -0.166. The van der Waals surface area contributed by atoms with Gasteiger partial charge in [0.2, 0.25) is 5.91 Å². The van der Waals surface area contributed by atoms with Crippen LogP contribution in [0.25, 0.3) is 49.0 Å². The number of aromatic hydroxyl groups is 1. The minimum atomic E-state index is -2.20. The molecule has 3 aliphatic heterocycles. The minimum Gasteiger partial charge on any atom is -0.507 e. The predicted molar refractivity (Wildman–Crippen MR) is 306 cm³/mol. The van der Waals surface area contributed by atoms with Crippen LogP contribution in [0.5, 0.6) is 5.75 Å². The van der Waals surface area contributed by atoms with Crippen molar-refractivity contribution in [3.8, 4) is 38.1 Å². The normalized spacial score (nSPS) is 20.2. The number of aliphatic hydroxyl groups is 2. The molecular weight excluding hydrogens is 1220 g/mol. The average Bonchev–Trinajstić information content (AvgIpc) is 1.82. The molecule has 0 radical (unpaired) electrons. The topological polar surface area (TPSA) is 410 Å². The molecule has 33 heteroatoms. The number of benzene rings is 2. The number of nitrogens with two attached hydrogens (primary N) is 1. The maximum atomic E-state index is 14.6. The molecule has 6 amide bonds. The summed E-state index contributed by atoms with van der Waals surface area (Å²) in [5.41, 5.74) is 4.38. The molecule has 0 fully saturated rings. The molecule has 0 saturated carbocycles. The van der Waals surface area contributed by atoms with Crippen LogP contribution in [0.3, 0.4) is 0 Å². The van der Waals surface area contributed by atoms with E-state index < -0.39 is 115 Å². The van der Waals surface area contributed by atoms with Gasteiger partial charge in [-0.25, -0.2) is 34.5 Å². The number of methoxy groups -OCH3 is 1. The number of primary amides is 1. The lowest BCUT2D eigenvalue weighted by atomic mass is 10.0. The number of hydrogen-bond donors (Lipinski definition) is 10. The smallest absolute Gasteiger partial charge is 0.358 e. The van der Waals surface area contributed by atoms with Crippen molar-refractivity contribution in [2.45, 2.75) is 63.5 Å². The summed E-state index contributed by atoms with van der Waals surface area (Å²) in [6, 6.07) is 2.79. The number of aromatic nitrogens is 6. The summed E-state index contributed by atoms with van der Waals surface area (Å²) in [7, 11) is 1.30. The number of allylic oxidation sites excluding steroid dienone is 1. The van der Waals surface area contributed by atoms with Crippen molar-refractivity contribution in [2.24, 2.45) is 5.73 Å². The highest BCUT2D eigenvalue weighted by atomic mass is 32.1. The van der Waals surface area contributed by atoms with Crippen LogP contribution in [0.2, 0.25) is 0 Å². The quantitative estimate of drug-likeness (QED) is 0.0491. The fraction of sp³-hybridized carbons (Fsp3) is 0.226. The van der Waals surface area contributed by atoms with Gasteiger partial charge in [-0.3, -0.25) is 28.8 Å². The summed E-state index contributed by atoms with van der Waals surface area (Å²) in [6.07, 6.45) is -5.54. The number of amides is 6. The van der Waals surface area contributed by atoms with Crippen LogP contribution in [-0.2, 0) is 46.5 Å². The Labute approximate surface area is 503 Å². The monoisotopic (exact) mass is 1260 g/mol. The number of hydrogen-bond acceptors (Lipinski definition) is 26. The van der Waals surface area contributed by atoms with Gasteiger partial charge in [0.05, 0.1) is 42.3 Å². The van der Waals surface area contributed by atoms with Crippen molar-refractivity contribution >= 4 is 121 Å². The molecule has 6 unspecified atom stereocenters. The summed E-state index contributed by atoms with van der Waals surface area (Å²) < 4.78 is 24.0. The van der Waals surface area contributed by atoms with Crippen LogP contribution in [-0.4, -0.2) is 136 Å². The molecular formula is C53H44N12O16S5. The van der Waals surface area contributed by atoms with Crippen LogP contribution in [0.15, 0.2) is 75.3 Å². The van der Waals surface area contributed by atoms with Crippen LogP contribution in [0.4, 0.5) is 0 Å². The number of phenols is 1. The van der Waals surface area contributed by atoms with Crippen molar-refractivity contribution in [2.75, 3.05) is 13.7 Å². The largest absolute Gasteiger partial charge is 0.507 e. The molecule has 8 aromatic rings. The van der Waals surface area contributed by atoms with E-state index in [-0.39, 0.29) is 104 Å². The van der Waals surface area contributed by atoms with E-state index in [1.54, 1.807) is 11.4 Å². The average molecular weight is 1270 g/mol. The summed E-state index contributed by atoms with van der Waals surface area (Å²) in [5, 5.41) is 66.8. The van der Waals surface area contributed by atoms with E-state index in [0.29, 0.717) is 10.3 Å². The van der Waals surface area contributed by atoms with Crippen molar-refractivity contribution in [3.63, 3.8) is 0 Å². The van der Waals surface area contributed by atoms with E-state index in [1.807, 2.05) is 0 Å². The number of phenolic OH excluding ortho intramolecular Hbond substituents is 1. The van der Waals surface area contributed by atoms with E-state index in [4.69, 9.17) is 29.7 Å². The van der Waals surface area contributed by atoms with Crippen molar-refractivity contribution in [1.29, 1.82) is 0 Å². The second kappa shape index (κ2) is 23.6. The Hall–Kier alpha value is -9.35. The first kappa shape index (κ1) is 58.4. The Kier molecular flexibility index (Phi) is 16.0. The standard InChI is InChI=1S/C53H44N12O16S5/c1-18(41(54)69)55-42(70)28-14-83-48(59-28)24-8-22-23(9-33(24)67)47-58-30(15-82-47)44(72)62-35(19(2)66)46(74)63-36(20(3)78-4)50-60-31(17-85-50)45(73)64-37-40-39(68)53(76)80-10-21-6-5-7-32-34(21)25(11-79-40)38(65(32)77)52(75)81-12-26(49-57-27(22)13-84-49)56-43(71)29-16-86-51(37)61-29/h5-9,13-17,19,26,35,37,39-40,66-68,77H,1,10-12H2,2-4H3,(H2,54,69)(H,55,70)(H,56,71)(H,62,72)(H,63,74)(H,64,73). The number of carbonyl (C=O) groups is 8. The third-order valence-corrected chi connectivity index (χ3v) is 18.1. The van der Waals surface area contributed by atoms with Gasteiger partial charge in [0, 0.05) is 49.0 Å². The Balaban J connectivity index is 1.09. The van der Waals surface area contributed by atoms with Gasteiger partial charge < -0.3 is 71.8 Å². The Bertz CT molecular complexity index is 4190. The van der Waals surface area contributed by atoms with Crippen molar-refractivity contribution < 1.29 is 77.8 Å². The highest BCUT2D eigenvalue weighted by molar-refractivity contribution is 7.14. The number of carbonyl (C=O) groups excluding carboxylic acids is 8. The molecule has 6 atom stereocenters. The molecule has 0 aliphatic carbocycles. The molecule has 6 aromatic heterocycles. The number of thiazole rings is 5. The molecule has 3 aliphatic rings. The molecule has 12 bridgehead atoms. The van der Waals surface area contributed by atoms with Gasteiger partial charge in [-0.15, -0.1) is 56.7 Å². The van der Waals surface area contributed by atoms with Gasteiger partial charge in [-0.2, -0.15) is 4.73 Å². The number of nitrogens with one attached hydrogen (secondary N) is 5. The first-order valence-electron chi connectivity index (χ1n) is 25.3. The first-order valence-corrected chi connectivity index (χ1v) is 29.7. The Morgan fingerprint density at radius 1 is 0.814 bits per heavy atom. The SMILES string of the molecule is C=C(NC(=O)c1csc(-c2cc3c(cc2O)-c2nc(cs2)C(=O)NC(C(C)O)C(=O)NC(=C(C)OC)c2nc(cs2)C(=O)NC2c4nc(cs4)C(=O)NC(COC(=O)c4c5c6c(cccc6n4O)COC(=O)C(O)C2OC5)c2nc-3cs2)n1)C(N)=O. The minimum absolute atomic E-state index is 0.00712. The zero-order valence-electron chi connectivity index (χ0n) is 44.6. The maximum absolute atomic E-state index is 14.6. The molecule has 0 saturated heterocycles. The Morgan fingerprint density at radius 3 is 2.21 bits per heavy atom. The van der Waals surface area contributed by atoms with Crippen LogP contribution < -0.4 is 32.3 Å². The maximum Gasteiger partial charge on any atom is 0.358 e. The fourth-order valence-electron chi connectivity index (χ4n) is 9.23. The van der Waals surface area contributed by atoms with Gasteiger partial charge >= 0.3 is 11.9 Å². The predicted octanol–water partition coefficient (Wildman–Crippen LogP) is 3.66. The molecule has 0 spiro atoms. The summed E-state index contributed by atoms with van der Waals surface area (Å²) in [6.45, 7) is 4.43. The highest BCUT2D eigenvalue weighted by Crippen LogP contribution is 2.44. The van der Waals surface area contributed by atoms with Gasteiger partial charge in [0.1, 0.15) is 102 Å². The van der Waals surface area contributed by atoms with Crippen molar-refractivity contribution in [3.05, 3.63) is 130 Å². The molecule has 11 rings (SSSR count). The van der Waals surface area contributed by atoms with Gasteiger partial charge in [-0.05, 0) is 37.6 Å². The molecule has 9 heterocycles. The van der Waals surface area contributed by atoms with E-state index in [2.05, 4.69) is 53.1 Å². The fourth-order valence-corrected chi connectivity index (χ4v) is 13.5. The lowest BCUT2D eigenvalue weighted by Crippen LogP contribution is -2.52. The van der Waals surface area contributed by atoms with Crippen molar-refractivity contribution in [1.82, 2.24) is 56.2 Å². The summed E-state index contributed by atoms with van der Waals surface area (Å²) >= 11 is 4.58. The molecule has 442 valence electrons. The van der Waals surface area contributed by atoms with E-state index in [1.165, 1.54) is 66.7 Å². The number of rotatable bonds is 6. The van der Waals surface area contributed by atoms with Gasteiger partial charge in [0.15, 0.2) is 11.8 Å². The lowest BCUT2D eigenvalue weighted by Gasteiger charge is -2.30. The Morgan fingerprint density at radius 2 is 1.47 bits per heavy atom. The molecule has 11 N–H and O–H groups in total. The summed E-state index contributed by atoms with van der Waals surface area (Å²) in [5.74, 6) is -8.16. The van der Waals surface area contributed by atoms with Crippen LogP contribution >= 0.6 is 56.7 Å². The zero-order chi connectivity index (χ0) is 61.0. The number of cyclic esters (lactones) is 2. The number of fused-ring (bicyclic) bond motifs is 15. The van der Waals surface area contributed by atoms with Gasteiger partial charge in [0.25, 0.3) is 29.5 Å². The van der Waals surface area contributed by atoms with Gasteiger partial charge in [-0.1, -0.05) is 18.7 Å². The van der Waals surface area contributed by atoms with Crippen LogP contribution in [0, 0.1) is 0 Å². The number of nitrogens with zero attached hydrogens (tertiary/aromatic N) is 6. The number of esters is 2. The van der Waals surface area contributed by atoms with Crippen LogP contribution in [0.1, 0.15) is 105 Å². The third-order valence-electron chi connectivity index (χ3n) is 13.7. The first-order chi connectivity index (χ1) is 41.2. The highest BCUT2D eigenvalue weighted by Gasteiger charge is 2.42. The second-order valence-corrected chi connectivity index (χ2v) is 23.5. The number of aliphatic hydroxyl groups excluding tert-OH is 2. The zero-order valence-corrected chi connectivity index (χ0v) is 48.6. The van der Waals surface area contributed by atoms with E-state index in [9.17, 15) is 58.9 Å². The molecule has 2 aromatic carbocycles. The number of ether oxygens (including phenoxy) is 4. The second-order valence-electron chi connectivity index (χ2n) is 19.1. The molecule has 86 heavy (non-hydrogen) atoms. The van der Waals surface area contributed by atoms with E-state index >= 15 is 0 Å².